The Balaban J connectivity index is 1.73. The number of hydrogen-bond donors (Lipinski definition) is 2. The maximum Gasteiger partial charge on any atom is 0.422 e. The summed E-state index contributed by atoms with van der Waals surface area (Å²) in [6, 6.07) is 0.0753. The second kappa shape index (κ2) is 9.12. The Kier molecular flexibility index (Phi) is 6.75. The lowest BCUT2D eigenvalue weighted by atomic mass is 9.98. The number of nitrogens with one attached hydrogen (secondary N) is 2. The molecule has 1 unspecified atom stereocenters. The third-order valence-corrected chi connectivity index (χ3v) is 5.30. The van der Waals surface area contributed by atoms with Crippen molar-refractivity contribution in [2.24, 2.45) is 4.99 Å². The molecule has 1 saturated carbocycles. The van der Waals surface area contributed by atoms with Crippen molar-refractivity contribution in [3.8, 4) is 0 Å². The summed E-state index contributed by atoms with van der Waals surface area (Å²) in [5.41, 5.74) is 6.62. The highest BCUT2D eigenvalue weighted by molar-refractivity contribution is 5.84. The van der Waals surface area contributed by atoms with E-state index in [4.69, 9.17) is 4.74 Å². The molecule has 0 bridgehead atoms. The molecule has 0 amide bonds. The first-order valence-electron chi connectivity index (χ1n) is 10.0. The topological polar surface area (TPSA) is 48.9 Å². The maximum atomic E-state index is 12.5. The van der Waals surface area contributed by atoms with Crippen molar-refractivity contribution in [1.29, 1.82) is 0 Å². The van der Waals surface area contributed by atoms with Crippen LogP contribution in [0.1, 0.15) is 26.7 Å². The van der Waals surface area contributed by atoms with E-state index >= 15 is 0 Å². The zero-order chi connectivity index (χ0) is 21.9. The molecule has 30 heavy (non-hydrogen) atoms. The number of likely N-dealkylation sites (N-methyl/N-ethyl adjacent to an activating group) is 2. The van der Waals surface area contributed by atoms with Crippen LogP contribution in [0.15, 0.2) is 62.8 Å². The second-order valence-corrected chi connectivity index (χ2v) is 7.85. The van der Waals surface area contributed by atoms with Crippen molar-refractivity contribution < 1.29 is 17.9 Å². The van der Waals surface area contributed by atoms with Gasteiger partial charge in [0, 0.05) is 36.7 Å². The molecule has 1 atom stereocenters. The maximum absolute atomic E-state index is 12.5. The smallest absolute Gasteiger partial charge is 0.422 e. The van der Waals surface area contributed by atoms with Crippen LogP contribution in [0.25, 0.3) is 0 Å². The summed E-state index contributed by atoms with van der Waals surface area (Å²) in [5, 5.41) is 6.66. The normalized spacial score (nSPS) is 22.0. The number of nitrogens with zero attached hydrogens (tertiary/aromatic N) is 2. The molecule has 0 aromatic heterocycles. The first-order valence-corrected chi connectivity index (χ1v) is 10.0. The Morgan fingerprint density at radius 2 is 2.13 bits per heavy atom. The Bertz CT molecular complexity index is 856. The summed E-state index contributed by atoms with van der Waals surface area (Å²) >= 11 is 0. The van der Waals surface area contributed by atoms with E-state index in [1.807, 2.05) is 25.5 Å². The highest BCUT2D eigenvalue weighted by atomic mass is 19.4. The zero-order valence-corrected chi connectivity index (χ0v) is 17.9. The number of aliphatic imine (C=N–C) groups is 1. The molecule has 0 radical (unpaired) electrons. The van der Waals surface area contributed by atoms with Gasteiger partial charge in [-0.2, -0.15) is 13.2 Å². The monoisotopic (exact) mass is 422 g/mol. The van der Waals surface area contributed by atoms with Crippen LogP contribution in [0.3, 0.4) is 0 Å². The quantitative estimate of drug-likeness (QED) is 0.613. The molecule has 8 heteroatoms. The van der Waals surface area contributed by atoms with E-state index < -0.39 is 12.8 Å². The summed E-state index contributed by atoms with van der Waals surface area (Å²) in [6.45, 7) is 3.55. The fourth-order valence-corrected chi connectivity index (χ4v) is 3.73. The fraction of sp³-hybridized carbons (Fsp3) is 0.500. The average Bonchev–Trinajstić information content (AvgIpc) is 3.51. The SMILES string of the molecule is CNC1C=CNC(C(C)=C2CC2)=C1C=NCC1=CC(C)=C(OCC(F)(F)F)N(C)C1. The van der Waals surface area contributed by atoms with Crippen LogP contribution in [0.2, 0.25) is 0 Å². The third-order valence-electron chi connectivity index (χ3n) is 5.30. The Labute approximate surface area is 175 Å². The van der Waals surface area contributed by atoms with Crippen LogP contribution in [0.5, 0.6) is 0 Å². The summed E-state index contributed by atoms with van der Waals surface area (Å²) in [6.07, 6.45) is 5.72. The molecule has 3 rings (SSSR count). The van der Waals surface area contributed by atoms with Gasteiger partial charge in [0.2, 0.25) is 0 Å². The van der Waals surface area contributed by atoms with Gasteiger partial charge in [0.1, 0.15) is 0 Å². The van der Waals surface area contributed by atoms with Crippen LogP contribution in [-0.2, 0) is 4.74 Å². The van der Waals surface area contributed by atoms with Gasteiger partial charge in [0.05, 0.1) is 12.6 Å². The zero-order valence-electron chi connectivity index (χ0n) is 17.9. The van der Waals surface area contributed by atoms with E-state index in [0.29, 0.717) is 18.7 Å². The molecular weight excluding hydrogens is 393 g/mol. The van der Waals surface area contributed by atoms with Gasteiger partial charge < -0.3 is 20.3 Å². The van der Waals surface area contributed by atoms with Gasteiger partial charge in [-0.15, -0.1) is 0 Å². The molecule has 2 aliphatic heterocycles. The van der Waals surface area contributed by atoms with Crippen molar-refractivity contribution in [1.82, 2.24) is 15.5 Å². The van der Waals surface area contributed by atoms with Gasteiger partial charge in [-0.1, -0.05) is 11.6 Å². The number of halogens is 3. The molecule has 0 spiro atoms. The summed E-state index contributed by atoms with van der Waals surface area (Å²) in [4.78, 5) is 6.34. The molecule has 3 aliphatic rings. The highest BCUT2D eigenvalue weighted by Crippen LogP contribution is 2.35. The Morgan fingerprint density at radius 1 is 1.40 bits per heavy atom. The van der Waals surface area contributed by atoms with Gasteiger partial charge in [-0.05, 0) is 57.2 Å². The van der Waals surface area contributed by atoms with Crippen LogP contribution >= 0.6 is 0 Å². The van der Waals surface area contributed by atoms with Gasteiger partial charge >= 0.3 is 6.18 Å². The minimum atomic E-state index is -4.35. The molecule has 2 heterocycles. The van der Waals surface area contributed by atoms with E-state index in [1.165, 1.54) is 11.1 Å². The molecule has 5 nitrogen and oxygen atoms in total. The number of rotatable bonds is 7. The lowest BCUT2D eigenvalue weighted by Gasteiger charge is -2.29. The minimum Gasteiger partial charge on any atom is -0.469 e. The lowest BCUT2D eigenvalue weighted by Crippen LogP contribution is -2.33. The van der Waals surface area contributed by atoms with Gasteiger partial charge in [-0.25, -0.2) is 0 Å². The fourth-order valence-electron chi connectivity index (χ4n) is 3.73. The molecule has 1 aliphatic carbocycles. The number of allylic oxidation sites excluding steroid dienone is 4. The first kappa shape index (κ1) is 22.2. The number of ether oxygens (including phenoxy) is 1. The minimum absolute atomic E-state index is 0.0753. The van der Waals surface area contributed by atoms with E-state index in [2.05, 4.69) is 28.6 Å². The van der Waals surface area contributed by atoms with Gasteiger partial charge in [-0.3, -0.25) is 4.99 Å². The van der Waals surface area contributed by atoms with Crippen molar-refractivity contribution >= 4 is 6.21 Å². The van der Waals surface area contributed by atoms with Crippen LogP contribution in [0, 0.1) is 0 Å². The van der Waals surface area contributed by atoms with Crippen molar-refractivity contribution in [3.05, 3.63) is 57.8 Å². The van der Waals surface area contributed by atoms with Crippen molar-refractivity contribution in [2.75, 3.05) is 33.8 Å². The first-order chi connectivity index (χ1) is 14.2. The van der Waals surface area contributed by atoms with Crippen LogP contribution in [0.4, 0.5) is 13.2 Å². The molecule has 164 valence electrons. The molecule has 1 fully saturated rings. The van der Waals surface area contributed by atoms with Crippen LogP contribution in [-0.4, -0.2) is 57.1 Å². The average molecular weight is 422 g/mol. The molecule has 2 N–H and O–H groups in total. The highest BCUT2D eigenvalue weighted by Gasteiger charge is 2.30. The number of dihydropyridines is 1. The second-order valence-electron chi connectivity index (χ2n) is 7.85. The van der Waals surface area contributed by atoms with Crippen molar-refractivity contribution in [2.45, 2.75) is 38.9 Å². The largest absolute Gasteiger partial charge is 0.469 e. The Hall–Kier alpha value is -2.48. The standard InChI is InChI=1S/C22H29F3N4O/c1-14-9-16(12-29(4)21(14)30-13-22(23,24)25)10-27-11-18-19(26-3)7-8-28-20(18)15(2)17-5-6-17/h7-9,11,19,26,28H,5-6,10,12-13H2,1-4H3. The molecular formula is C22H29F3N4O. The molecule has 0 aromatic rings. The predicted octanol–water partition coefficient (Wildman–Crippen LogP) is 3.81. The van der Waals surface area contributed by atoms with Gasteiger partial charge in [0.15, 0.2) is 12.5 Å². The lowest BCUT2D eigenvalue weighted by molar-refractivity contribution is -0.169. The van der Waals surface area contributed by atoms with Crippen molar-refractivity contribution in [3.63, 3.8) is 0 Å². The van der Waals surface area contributed by atoms with E-state index in [1.54, 1.807) is 18.9 Å². The Morgan fingerprint density at radius 3 is 2.73 bits per heavy atom. The van der Waals surface area contributed by atoms with Gasteiger partial charge in [0.25, 0.3) is 0 Å². The predicted molar refractivity (Wildman–Crippen MR) is 113 cm³/mol. The number of hydrogen-bond acceptors (Lipinski definition) is 5. The summed E-state index contributed by atoms with van der Waals surface area (Å²) in [7, 11) is 3.64. The van der Waals surface area contributed by atoms with Crippen LogP contribution < -0.4 is 10.6 Å². The summed E-state index contributed by atoms with van der Waals surface area (Å²) < 4.78 is 42.4. The van der Waals surface area contributed by atoms with E-state index in [-0.39, 0.29) is 11.9 Å². The summed E-state index contributed by atoms with van der Waals surface area (Å²) in [5.74, 6) is 0.258. The van der Waals surface area contributed by atoms with E-state index in [9.17, 15) is 13.2 Å². The third kappa shape index (κ3) is 5.56. The number of alkyl halides is 3. The molecule has 0 aromatic carbocycles. The van der Waals surface area contributed by atoms with E-state index in [0.717, 1.165) is 29.7 Å². The molecule has 0 saturated heterocycles.